The molecule has 2 aliphatic rings. The average Bonchev–Trinajstić information content (AvgIpc) is 2.38. The number of morpholine rings is 1. The maximum Gasteiger partial charge on any atom is 0.123 e. The van der Waals surface area contributed by atoms with Crippen molar-refractivity contribution in [3.63, 3.8) is 0 Å². The van der Waals surface area contributed by atoms with Crippen molar-refractivity contribution in [2.24, 2.45) is 5.16 Å². The first-order chi connectivity index (χ1) is 9.26. The van der Waals surface area contributed by atoms with Crippen LogP contribution in [0.2, 0.25) is 0 Å². The normalized spacial score (nSPS) is 27.3. The number of hydrogen-bond donors (Lipinski definition) is 1. The van der Waals surface area contributed by atoms with Gasteiger partial charge in [0.25, 0.3) is 0 Å². The molecule has 1 aromatic carbocycles. The Morgan fingerprint density at radius 2 is 2.05 bits per heavy atom. The number of oxime groups is 1. The molecule has 0 radical (unpaired) electrons. The van der Waals surface area contributed by atoms with Gasteiger partial charge in [-0.25, -0.2) is 4.39 Å². The molecule has 1 N–H and O–H groups in total. The quantitative estimate of drug-likeness (QED) is 0.656. The summed E-state index contributed by atoms with van der Waals surface area (Å²) in [5, 5.41) is 12.3. The molecule has 3 rings (SSSR count). The van der Waals surface area contributed by atoms with E-state index in [0.717, 1.165) is 30.7 Å². The summed E-state index contributed by atoms with van der Waals surface area (Å²) in [6.07, 6.45) is 1.45. The zero-order valence-corrected chi connectivity index (χ0v) is 10.6. The van der Waals surface area contributed by atoms with Gasteiger partial charge in [-0.3, -0.25) is 4.90 Å². The van der Waals surface area contributed by atoms with Crippen molar-refractivity contribution in [3.8, 4) is 0 Å². The van der Waals surface area contributed by atoms with Crippen LogP contribution in [-0.2, 0) is 11.3 Å². The lowest BCUT2D eigenvalue weighted by Gasteiger charge is -2.45. The van der Waals surface area contributed by atoms with Crippen molar-refractivity contribution in [1.29, 1.82) is 0 Å². The Kier molecular flexibility index (Phi) is 3.48. The molecule has 2 atom stereocenters. The van der Waals surface area contributed by atoms with E-state index in [1.54, 1.807) is 12.1 Å². The van der Waals surface area contributed by atoms with Crippen molar-refractivity contribution in [3.05, 3.63) is 35.6 Å². The Morgan fingerprint density at radius 3 is 2.68 bits per heavy atom. The van der Waals surface area contributed by atoms with Crippen LogP contribution in [0.3, 0.4) is 0 Å². The molecule has 1 aromatic rings. The summed E-state index contributed by atoms with van der Waals surface area (Å²) >= 11 is 0. The van der Waals surface area contributed by atoms with Crippen LogP contribution < -0.4 is 0 Å². The third-order valence-electron chi connectivity index (χ3n) is 3.90. The second-order valence-electron chi connectivity index (χ2n) is 5.22. The minimum atomic E-state index is -0.200. The van der Waals surface area contributed by atoms with E-state index in [4.69, 9.17) is 9.94 Å². The van der Waals surface area contributed by atoms with Gasteiger partial charge in [-0.2, -0.15) is 0 Å². The molecule has 19 heavy (non-hydrogen) atoms. The van der Waals surface area contributed by atoms with Crippen LogP contribution in [0.15, 0.2) is 29.4 Å². The highest BCUT2D eigenvalue weighted by molar-refractivity contribution is 5.86. The fraction of sp³-hybridized carbons (Fsp3) is 0.500. The second kappa shape index (κ2) is 5.27. The van der Waals surface area contributed by atoms with E-state index >= 15 is 0 Å². The third-order valence-corrected chi connectivity index (χ3v) is 3.90. The molecule has 2 fully saturated rings. The summed E-state index contributed by atoms with van der Waals surface area (Å²) < 4.78 is 18.8. The Bertz CT molecular complexity index is 476. The molecule has 4 nitrogen and oxygen atoms in total. The zero-order valence-electron chi connectivity index (χ0n) is 10.6. The minimum absolute atomic E-state index is 0.200. The van der Waals surface area contributed by atoms with Crippen LogP contribution in [0.4, 0.5) is 4.39 Å². The first-order valence-corrected chi connectivity index (χ1v) is 6.54. The van der Waals surface area contributed by atoms with E-state index in [1.165, 1.54) is 6.07 Å². The van der Waals surface area contributed by atoms with Crippen molar-refractivity contribution in [2.45, 2.75) is 31.5 Å². The Balaban J connectivity index is 1.77. The first kappa shape index (κ1) is 12.6. The van der Waals surface area contributed by atoms with Crippen LogP contribution in [0.5, 0.6) is 0 Å². The van der Waals surface area contributed by atoms with Crippen LogP contribution in [-0.4, -0.2) is 41.1 Å². The van der Waals surface area contributed by atoms with E-state index in [9.17, 15) is 4.39 Å². The molecule has 2 aliphatic heterocycles. The van der Waals surface area contributed by atoms with E-state index in [2.05, 4.69) is 10.1 Å². The van der Waals surface area contributed by atoms with Gasteiger partial charge in [0, 0.05) is 31.5 Å². The minimum Gasteiger partial charge on any atom is -0.411 e. The number of hydrogen-bond acceptors (Lipinski definition) is 4. The molecule has 102 valence electrons. The number of ether oxygens (including phenoxy) is 1. The highest BCUT2D eigenvalue weighted by Gasteiger charge is 2.37. The van der Waals surface area contributed by atoms with Crippen molar-refractivity contribution in [1.82, 2.24) is 4.90 Å². The molecular weight excluding hydrogens is 247 g/mol. The van der Waals surface area contributed by atoms with Gasteiger partial charge in [0.1, 0.15) is 5.82 Å². The molecule has 2 bridgehead atoms. The molecule has 0 amide bonds. The Labute approximate surface area is 111 Å². The van der Waals surface area contributed by atoms with Crippen LogP contribution in [0, 0.1) is 5.82 Å². The topological polar surface area (TPSA) is 45.1 Å². The highest BCUT2D eigenvalue weighted by atomic mass is 19.1. The van der Waals surface area contributed by atoms with E-state index < -0.39 is 0 Å². The highest BCUT2D eigenvalue weighted by Crippen LogP contribution is 2.27. The summed E-state index contributed by atoms with van der Waals surface area (Å²) in [6, 6.07) is 7.16. The number of nitrogens with zero attached hydrogens (tertiary/aromatic N) is 2. The number of fused-ring (bicyclic) bond motifs is 2. The number of rotatable bonds is 2. The van der Waals surface area contributed by atoms with Gasteiger partial charge in [-0.05, 0) is 17.7 Å². The molecule has 5 heteroatoms. The molecule has 0 aromatic heterocycles. The molecule has 0 saturated carbocycles. The predicted molar refractivity (Wildman–Crippen MR) is 68.8 cm³/mol. The molecule has 2 heterocycles. The third kappa shape index (κ3) is 2.62. The van der Waals surface area contributed by atoms with Crippen LogP contribution in [0.1, 0.15) is 18.4 Å². The summed E-state index contributed by atoms with van der Waals surface area (Å²) in [4.78, 5) is 2.34. The maximum atomic E-state index is 13.2. The summed E-state index contributed by atoms with van der Waals surface area (Å²) in [5.74, 6) is -0.200. The van der Waals surface area contributed by atoms with Gasteiger partial charge in [0.05, 0.1) is 18.9 Å². The molecule has 0 spiro atoms. The first-order valence-electron chi connectivity index (χ1n) is 6.54. The lowest BCUT2D eigenvalue weighted by molar-refractivity contribution is -0.0575. The fourth-order valence-electron chi connectivity index (χ4n) is 3.00. The molecule has 2 saturated heterocycles. The summed E-state index contributed by atoms with van der Waals surface area (Å²) in [6.45, 7) is 2.00. The monoisotopic (exact) mass is 264 g/mol. The van der Waals surface area contributed by atoms with Gasteiger partial charge in [-0.1, -0.05) is 17.3 Å². The summed E-state index contributed by atoms with van der Waals surface area (Å²) in [7, 11) is 0. The van der Waals surface area contributed by atoms with Gasteiger partial charge in [0.2, 0.25) is 0 Å². The number of benzene rings is 1. The largest absolute Gasteiger partial charge is 0.411 e. The molecule has 2 unspecified atom stereocenters. The molecular formula is C14H17FN2O2. The van der Waals surface area contributed by atoms with E-state index in [1.807, 2.05) is 6.07 Å². The van der Waals surface area contributed by atoms with Crippen molar-refractivity contribution >= 4 is 5.71 Å². The second-order valence-corrected chi connectivity index (χ2v) is 5.22. The predicted octanol–water partition coefficient (Wildman–Crippen LogP) is 2.02. The van der Waals surface area contributed by atoms with Crippen LogP contribution in [0.25, 0.3) is 0 Å². The Morgan fingerprint density at radius 1 is 1.32 bits per heavy atom. The lowest BCUT2D eigenvalue weighted by Crippen LogP contribution is -2.56. The van der Waals surface area contributed by atoms with Crippen molar-refractivity contribution in [2.75, 3.05) is 13.2 Å². The van der Waals surface area contributed by atoms with Gasteiger partial charge >= 0.3 is 0 Å². The van der Waals surface area contributed by atoms with Gasteiger partial charge in [0.15, 0.2) is 0 Å². The summed E-state index contributed by atoms with van der Waals surface area (Å²) in [5.41, 5.74) is 1.81. The van der Waals surface area contributed by atoms with E-state index in [0.29, 0.717) is 13.2 Å². The fourth-order valence-corrected chi connectivity index (χ4v) is 3.00. The average molecular weight is 264 g/mol. The lowest BCUT2D eigenvalue weighted by atomic mass is 9.92. The van der Waals surface area contributed by atoms with Crippen LogP contribution >= 0.6 is 0 Å². The molecule has 0 aliphatic carbocycles. The van der Waals surface area contributed by atoms with Crippen molar-refractivity contribution < 1.29 is 14.3 Å². The zero-order chi connectivity index (χ0) is 13.2. The Hall–Kier alpha value is -1.46. The number of halogens is 1. The SMILES string of the molecule is ON=C1CC2COCC(C1)N2Cc1cccc(F)c1. The standard InChI is InChI=1S/C14H17FN2O2/c15-11-3-1-2-10(4-11)7-17-13-5-12(16-18)6-14(17)9-19-8-13/h1-4,13-14,18H,5-9H2. The van der Waals surface area contributed by atoms with E-state index in [-0.39, 0.29) is 17.9 Å². The number of piperidine rings is 1. The smallest absolute Gasteiger partial charge is 0.123 e. The van der Waals surface area contributed by atoms with Gasteiger partial charge < -0.3 is 9.94 Å². The maximum absolute atomic E-state index is 13.2. The van der Waals surface area contributed by atoms with Gasteiger partial charge in [-0.15, -0.1) is 0 Å².